The van der Waals surface area contributed by atoms with Gasteiger partial charge in [0.1, 0.15) is 5.78 Å². The molecule has 8 atom stereocenters. The van der Waals surface area contributed by atoms with Gasteiger partial charge in [0.05, 0.1) is 11.7 Å². The van der Waals surface area contributed by atoms with E-state index in [9.17, 15) is 19.8 Å². The predicted octanol–water partition coefficient (Wildman–Crippen LogP) is 2.67. The minimum Gasteiger partial charge on any atom is -0.393 e. The molecule has 4 aliphatic rings. The average molecular weight is 346 g/mol. The van der Waals surface area contributed by atoms with Crippen molar-refractivity contribution in [2.45, 2.75) is 71.0 Å². The van der Waals surface area contributed by atoms with Crippen LogP contribution in [-0.2, 0) is 9.59 Å². The van der Waals surface area contributed by atoms with Crippen LogP contribution in [0.3, 0.4) is 0 Å². The Balaban J connectivity index is 1.71. The number of aliphatic hydroxyl groups is 2. The molecular formula is C21H30O4. The first kappa shape index (κ1) is 17.4. The minimum absolute atomic E-state index is 0.0295. The number of hydrogen-bond acceptors (Lipinski definition) is 4. The second-order valence-electron chi connectivity index (χ2n) is 9.63. The molecule has 138 valence electrons. The number of Topliss-reactive ketones (excluding diaryl/α,β-unsaturated/α-hetero) is 1. The van der Waals surface area contributed by atoms with Crippen LogP contribution < -0.4 is 0 Å². The van der Waals surface area contributed by atoms with E-state index in [1.807, 2.05) is 13.0 Å². The van der Waals surface area contributed by atoms with Gasteiger partial charge >= 0.3 is 0 Å². The molecule has 0 radical (unpaired) electrons. The molecule has 0 aromatic carbocycles. The quantitative estimate of drug-likeness (QED) is 0.765. The molecule has 4 rings (SSSR count). The molecule has 0 aliphatic heterocycles. The van der Waals surface area contributed by atoms with Gasteiger partial charge in [0.2, 0.25) is 0 Å². The van der Waals surface area contributed by atoms with Crippen LogP contribution in [0.4, 0.5) is 0 Å². The molecular weight excluding hydrogens is 316 g/mol. The van der Waals surface area contributed by atoms with Crippen molar-refractivity contribution in [2.75, 3.05) is 0 Å². The topological polar surface area (TPSA) is 74.6 Å². The largest absolute Gasteiger partial charge is 0.393 e. The van der Waals surface area contributed by atoms with Gasteiger partial charge in [-0.1, -0.05) is 13.0 Å². The molecule has 25 heavy (non-hydrogen) atoms. The summed E-state index contributed by atoms with van der Waals surface area (Å²) in [5, 5.41) is 22.6. The van der Waals surface area contributed by atoms with Gasteiger partial charge in [-0.2, -0.15) is 0 Å². The van der Waals surface area contributed by atoms with Crippen LogP contribution in [0.15, 0.2) is 12.2 Å². The maximum Gasteiger partial charge on any atom is 0.156 e. The minimum atomic E-state index is -1.09. The lowest BCUT2D eigenvalue weighted by Crippen LogP contribution is -2.64. The number of carbonyl (C=O) groups is 2. The first-order valence-corrected chi connectivity index (χ1v) is 9.75. The van der Waals surface area contributed by atoms with E-state index >= 15 is 0 Å². The monoisotopic (exact) mass is 346 g/mol. The number of rotatable bonds is 1. The SMILES string of the molecule is CC(=O)[C@H]1CC[C@H]2[C@@H]3CC[C@]4(C=CC(=O)C4)[C@@](C)(O)[C@H]3[C@H](O)C[C@]12C. The maximum atomic E-state index is 12.2. The van der Waals surface area contributed by atoms with Crippen molar-refractivity contribution >= 4 is 11.6 Å². The number of aliphatic hydroxyl groups excluding tert-OH is 1. The summed E-state index contributed by atoms with van der Waals surface area (Å²) in [5.74, 6) is 0.718. The van der Waals surface area contributed by atoms with E-state index in [-0.39, 0.29) is 34.7 Å². The smallest absolute Gasteiger partial charge is 0.156 e. The second-order valence-corrected chi connectivity index (χ2v) is 9.63. The molecule has 0 saturated heterocycles. The predicted molar refractivity (Wildman–Crippen MR) is 93.7 cm³/mol. The Morgan fingerprint density at radius 2 is 1.96 bits per heavy atom. The molecule has 0 aromatic rings. The molecule has 0 heterocycles. The molecule has 0 aromatic heterocycles. The third kappa shape index (κ3) is 2.13. The lowest BCUT2D eigenvalue weighted by molar-refractivity contribution is -0.215. The standard InChI is InChI=1S/C21H30O4/c1-12(22)15-4-5-16-14-7-9-21(8-6-13(23)10-21)20(3,25)18(14)17(24)11-19(15,16)2/h6,8,14-18,24-25H,4-5,7,9-11H2,1-3H3/t14-,15+,16-,17+,18+,19+,20-,21-/m0/s1. The Hall–Kier alpha value is -1.00. The van der Waals surface area contributed by atoms with Gasteiger partial charge in [-0.25, -0.2) is 0 Å². The zero-order valence-corrected chi connectivity index (χ0v) is 15.5. The maximum absolute atomic E-state index is 12.2. The molecule has 0 amide bonds. The van der Waals surface area contributed by atoms with E-state index in [2.05, 4.69) is 6.92 Å². The highest BCUT2D eigenvalue weighted by Crippen LogP contribution is 2.66. The van der Waals surface area contributed by atoms with Gasteiger partial charge in [-0.3, -0.25) is 9.59 Å². The molecule has 2 N–H and O–H groups in total. The Morgan fingerprint density at radius 1 is 1.24 bits per heavy atom. The van der Waals surface area contributed by atoms with Crippen LogP contribution in [0, 0.1) is 34.5 Å². The van der Waals surface area contributed by atoms with E-state index in [4.69, 9.17) is 0 Å². The molecule has 4 heteroatoms. The van der Waals surface area contributed by atoms with Crippen molar-refractivity contribution < 1.29 is 19.8 Å². The lowest BCUT2D eigenvalue weighted by Gasteiger charge is -2.61. The van der Waals surface area contributed by atoms with Crippen molar-refractivity contribution in [1.29, 1.82) is 0 Å². The summed E-state index contributed by atoms with van der Waals surface area (Å²) in [6, 6.07) is 0. The van der Waals surface area contributed by atoms with Crippen molar-refractivity contribution in [2.24, 2.45) is 34.5 Å². The fraction of sp³-hybridized carbons (Fsp3) is 0.810. The summed E-state index contributed by atoms with van der Waals surface area (Å²) in [4.78, 5) is 24.1. The first-order valence-electron chi connectivity index (χ1n) is 9.75. The van der Waals surface area contributed by atoms with Crippen LogP contribution >= 0.6 is 0 Å². The fourth-order valence-electron chi connectivity index (χ4n) is 7.42. The van der Waals surface area contributed by atoms with Gasteiger partial charge in [0, 0.05) is 23.7 Å². The van der Waals surface area contributed by atoms with Crippen molar-refractivity contribution in [3.05, 3.63) is 12.2 Å². The fourth-order valence-corrected chi connectivity index (χ4v) is 7.42. The molecule has 3 saturated carbocycles. The summed E-state index contributed by atoms with van der Waals surface area (Å²) in [7, 11) is 0. The number of hydrogen-bond donors (Lipinski definition) is 2. The number of allylic oxidation sites excluding steroid dienone is 1. The van der Waals surface area contributed by atoms with Gasteiger partial charge in [-0.05, 0) is 69.3 Å². The first-order chi connectivity index (χ1) is 11.6. The van der Waals surface area contributed by atoms with Crippen molar-refractivity contribution in [1.82, 2.24) is 0 Å². The normalized spacial score (nSPS) is 54.6. The van der Waals surface area contributed by atoms with Crippen LogP contribution in [0.1, 0.15) is 59.3 Å². The van der Waals surface area contributed by atoms with E-state index in [1.54, 1.807) is 13.0 Å². The van der Waals surface area contributed by atoms with E-state index in [0.29, 0.717) is 18.8 Å². The highest BCUT2D eigenvalue weighted by atomic mass is 16.3. The Morgan fingerprint density at radius 3 is 2.56 bits per heavy atom. The van der Waals surface area contributed by atoms with Crippen LogP contribution in [0.2, 0.25) is 0 Å². The zero-order chi connectivity index (χ0) is 18.2. The van der Waals surface area contributed by atoms with Crippen molar-refractivity contribution in [3.63, 3.8) is 0 Å². The van der Waals surface area contributed by atoms with Crippen LogP contribution in [0.5, 0.6) is 0 Å². The summed E-state index contributed by atoms with van der Waals surface area (Å²) < 4.78 is 0. The van der Waals surface area contributed by atoms with Crippen LogP contribution in [-0.4, -0.2) is 33.5 Å². The van der Waals surface area contributed by atoms with E-state index < -0.39 is 17.1 Å². The Labute approximate surface area is 149 Å². The Kier molecular flexibility index (Phi) is 3.66. The molecule has 3 fully saturated rings. The zero-order valence-electron chi connectivity index (χ0n) is 15.5. The molecule has 4 aliphatic carbocycles. The third-order valence-corrected chi connectivity index (χ3v) is 8.60. The summed E-state index contributed by atoms with van der Waals surface area (Å²) in [6.07, 6.45) is 7.43. The highest BCUT2D eigenvalue weighted by Gasteiger charge is 2.66. The number of fused-ring (bicyclic) bond motifs is 3. The van der Waals surface area contributed by atoms with Crippen LogP contribution in [0.25, 0.3) is 0 Å². The van der Waals surface area contributed by atoms with E-state index in [1.165, 1.54) is 0 Å². The van der Waals surface area contributed by atoms with E-state index in [0.717, 1.165) is 25.7 Å². The van der Waals surface area contributed by atoms with Gasteiger partial charge in [-0.15, -0.1) is 0 Å². The van der Waals surface area contributed by atoms with Gasteiger partial charge in [0.15, 0.2) is 5.78 Å². The number of carbonyl (C=O) groups excluding carboxylic acids is 2. The number of ketones is 2. The van der Waals surface area contributed by atoms with Gasteiger partial charge in [0.25, 0.3) is 0 Å². The van der Waals surface area contributed by atoms with Gasteiger partial charge < -0.3 is 10.2 Å². The van der Waals surface area contributed by atoms with Crippen molar-refractivity contribution in [3.8, 4) is 0 Å². The summed E-state index contributed by atoms with van der Waals surface area (Å²) in [6.45, 7) is 5.68. The lowest BCUT2D eigenvalue weighted by atomic mass is 9.46. The molecule has 0 unspecified atom stereocenters. The summed E-state index contributed by atoms with van der Waals surface area (Å²) >= 11 is 0. The molecule has 1 spiro atoms. The second kappa shape index (κ2) is 5.26. The molecule has 0 bridgehead atoms. The third-order valence-electron chi connectivity index (χ3n) is 8.60. The summed E-state index contributed by atoms with van der Waals surface area (Å²) in [5.41, 5.74) is -1.78. The molecule has 4 nitrogen and oxygen atoms in total. The highest BCUT2D eigenvalue weighted by molar-refractivity contribution is 5.93. The average Bonchev–Trinajstić information content (AvgIpc) is 3.04. The Bertz CT molecular complexity index is 650.